The molecule has 5 heteroatoms. The van der Waals surface area contributed by atoms with Gasteiger partial charge in [0.15, 0.2) is 0 Å². The Bertz CT molecular complexity index is 503. The SMILES string of the molecule is CC(CNc1oc(C(C)(C)C)nc1C#N)N1CCCCC1. The molecular weight excluding hydrogens is 264 g/mol. The highest BCUT2D eigenvalue weighted by atomic mass is 16.4. The van der Waals surface area contributed by atoms with E-state index in [0.29, 0.717) is 23.5 Å². The van der Waals surface area contributed by atoms with Crippen molar-refractivity contribution in [2.24, 2.45) is 0 Å². The minimum absolute atomic E-state index is 0.190. The maximum absolute atomic E-state index is 9.19. The quantitative estimate of drug-likeness (QED) is 0.923. The Balaban J connectivity index is 1.99. The van der Waals surface area contributed by atoms with E-state index in [1.54, 1.807) is 0 Å². The summed E-state index contributed by atoms with van der Waals surface area (Å²) in [6.07, 6.45) is 3.90. The van der Waals surface area contributed by atoms with Gasteiger partial charge in [-0.25, -0.2) is 0 Å². The monoisotopic (exact) mass is 290 g/mol. The van der Waals surface area contributed by atoms with Gasteiger partial charge in [0.05, 0.1) is 0 Å². The second-order valence-electron chi connectivity index (χ2n) is 6.89. The van der Waals surface area contributed by atoms with E-state index >= 15 is 0 Å². The second kappa shape index (κ2) is 6.48. The molecule has 1 unspecified atom stereocenters. The van der Waals surface area contributed by atoms with E-state index in [2.05, 4.69) is 28.2 Å². The Morgan fingerprint density at radius 2 is 2.00 bits per heavy atom. The summed E-state index contributed by atoms with van der Waals surface area (Å²) in [4.78, 5) is 6.78. The van der Waals surface area contributed by atoms with Gasteiger partial charge in [0.1, 0.15) is 6.07 Å². The summed E-state index contributed by atoms with van der Waals surface area (Å²) in [7, 11) is 0. The molecule has 0 bridgehead atoms. The van der Waals surface area contributed by atoms with Crippen molar-refractivity contribution in [1.82, 2.24) is 9.88 Å². The maximum atomic E-state index is 9.19. The molecule has 1 saturated heterocycles. The Morgan fingerprint density at radius 3 is 2.57 bits per heavy atom. The minimum atomic E-state index is -0.190. The summed E-state index contributed by atoms with van der Waals surface area (Å²) >= 11 is 0. The third kappa shape index (κ3) is 3.98. The second-order valence-corrected chi connectivity index (χ2v) is 6.89. The predicted octanol–water partition coefficient (Wildman–Crippen LogP) is 3.13. The largest absolute Gasteiger partial charge is 0.423 e. The Labute approximate surface area is 127 Å². The van der Waals surface area contributed by atoms with Gasteiger partial charge >= 0.3 is 0 Å². The molecule has 1 atom stereocenters. The number of hydrogen-bond acceptors (Lipinski definition) is 5. The molecule has 0 amide bonds. The van der Waals surface area contributed by atoms with Crippen LogP contribution in [0.15, 0.2) is 4.42 Å². The number of nitrogens with one attached hydrogen (secondary N) is 1. The number of oxazole rings is 1. The standard InChI is InChI=1S/C16H26N4O/c1-12(20-8-6-5-7-9-20)11-18-14-13(10-17)19-15(21-14)16(2,3)4/h12,18H,5-9,11H2,1-4H3. The van der Waals surface area contributed by atoms with Gasteiger partial charge in [0.2, 0.25) is 17.5 Å². The van der Waals surface area contributed by atoms with Crippen LogP contribution in [0.25, 0.3) is 0 Å². The van der Waals surface area contributed by atoms with Crippen molar-refractivity contribution in [1.29, 1.82) is 5.26 Å². The van der Waals surface area contributed by atoms with Gasteiger partial charge in [-0.3, -0.25) is 4.90 Å². The maximum Gasteiger partial charge on any atom is 0.232 e. The van der Waals surface area contributed by atoms with E-state index in [0.717, 1.165) is 19.6 Å². The third-order valence-electron chi connectivity index (χ3n) is 3.95. The zero-order valence-electron chi connectivity index (χ0n) is 13.6. The molecule has 21 heavy (non-hydrogen) atoms. The summed E-state index contributed by atoms with van der Waals surface area (Å²) in [5.74, 6) is 1.11. The lowest BCUT2D eigenvalue weighted by molar-refractivity contribution is 0.180. The molecule has 1 aliphatic rings. The molecule has 2 rings (SSSR count). The van der Waals surface area contributed by atoms with Gasteiger partial charge in [-0.05, 0) is 32.9 Å². The molecule has 1 aliphatic heterocycles. The number of piperidine rings is 1. The van der Waals surface area contributed by atoms with Gasteiger partial charge in [-0.1, -0.05) is 27.2 Å². The highest BCUT2D eigenvalue weighted by Crippen LogP contribution is 2.26. The van der Waals surface area contributed by atoms with Crippen molar-refractivity contribution >= 4 is 5.88 Å². The third-order valence-corrected chi connectivity index (χ3v) is 3.95. The first kappa shape index (κ1) is 15.8. The molecular formula is C16H26N4O. The lowest BCUT2D eigenvalue weighted by Crippen LogP contribution is -2.41. The lowest BCUT2D eigenvalue weighted by atomic mass is 9.97. The molecule has 1 fully saturated rings. The van der Waals surface area contributed by atoms with E-state index in [1.165, 1.54) is 19.3 Å². The summed E-state index contributed by atoms with van der Waals surface area (Å²) in [6, 6.07) is 2.54. The molecule has 0 saturated carbocycles. The number of nitrogens with zero attached hydrogens (tertiary/aromatic N) is 3. The summed E-state index contributed by atoms with van der Waals surface area (Å²) in [6.45, 7) is 11.4. The molecule has 0 aliphatic carbocycles. The van der Waals surface area contributed by atoms with Crippen molar-refractivity contribution in [2.75, 3.05) is 25.0 Å². The number of rotatable bonds is 4. The number of aromatic nitrogens is 1. The van der Waals surface area contributed by atoms with Crippen LogP contribution in [0.4, 0.5) is 5.88 Å². The van der Waals surface area contributed by atoms with Crippen molar-refractivity contribution in [3.8, 4) is 6.07 Å². The molecule has 0 radical (unpaired) electrons. The Hall–Kier alpha value is -1.54. The van der Waals surface area contributed by atoms with Crippen LogP contribution in [0.1, 0.15) is 58.5 Å². The topological polar surface area (TPSA) is 65.1 Å². The van der Waals surface area contributed by atoms with Gasteiger partial charge in [-0.15, -0.1) is 0 Å². The van der Waals surface area contributed by atoms with Crippen molar-refractivity contribution in [3.05, 3.63) is 11.6 Å². The number of anilines is 1. The van der Waals surface area contributed by atoms with Crippen LogP contribution in [-0.4, -0.2) is 35.6 Å². The van der Waals surface area contributed by atoms with E-state index < -0.39 is 0 Å². The highest BCUT2D eigenvalue weighted by Gasteiger charge is 2.24. The van der Waals surface area contributed by atoms with E-state index in [1.807, 2.05) is 20.8 Å². The van der Waals surface area contributed by atoms with E-state index in [9.17, 15) is 5.26 Å². The molecule has 2 heterocycles. The predicted molar refractivity (Wildman–Crippen MR) is 83.3 cm³/mol. The normalized spacial score (nSPS) is 18.2. The first-order chi connectivity index (χ1) is 9.91. The fourth-order valence-corrected chi connectivity index (χ4v) is 2.57. The summed E-state index contributed by atoms with van der Waals surface area (Å²) in [5.41, 5.74) is 0.162. The molecule has 1 aromatic heterocycles. The Morgan fingerprint density at radius 1 is 1.33 bits per heavy atom. The summed E-state index contributed by atoms with van der Waals surface area (Å²) < 4.78 is 5.74. The first-order valence-electron chi connectivity index (χ1n) is 7.81. The molecule has 5 nitrogen and oxygen atoms in total. The first-order valence-corrected chi connectivity index (χ1v) is 7.81. The van der Waals surface area contributed by atoms with Crippen LogP contribution in [-0.2, 0) is 5.41 Å². The summed E-state index contributed by atoms with van der Waals surface area (Å²) in [5, 5.41) is 12.4. The van der Waals surface area contributed by atoms with Crippen molar-refractivity contribution in [2.45, 2.75) is 58.4 Å². The fourth-order valence-electron chi connectivity index (χ4n) is 2.57. The van der Waals surface area contributed by atoms with Crippen LogP contribution in [0.3, 0.4) is 0 Å². The fraction of sp³-hybridized carbons (Fsp3) is 0.750. The van der Waals surface area contributed by atoms with Crippen LogP contribution < -0.4 is 5.32 Å². The zero-order chi connectivity index (χ0) is 15.5. The molecule has 1 aromatic rings. The molecule has 1 N–H and O–H groups in total. The van der Waals surface area contributed by atoms with Gasteiger partial charge < -0.3 is 9.73 Å². The zero-order valence-corrected chi connectivity index (χ0v) is 13.6. The van der Waals surface area contributed by atoms with E-state index in [-0.39, 0.29) is 5.41 Å². The van der Waals surface area contributed by atoms with Crippen molar-refractivity contribution < 1.29 is 4.42 Å². The molecule has 116 valence electrons. The Kier molecular flexibility index (Phi) is 4.89. The van der Waals surface area contributed by atoms with Gasteiger partial charge in [0, 0.05) is 18.0 Å². The number of likely N-dealkylation sites (tertiary alicyclic amines) is 1. The van der Waals surface area contributed by atoms with Crippen LogP contribution in [0.5, 0.6) is 0 Å². The number of hydrogen-bond donors (Lipinski definition) is 1. The van der Waals surface area contributed by atoms with Gasteiger partial charge in [-0.2, -0.15) is 10.2 Å². The average Bonchev–Trinajstić information content (AvgIpc) is 2.89. The average molecular weight is 290 g/mol. The molecule has 0 aromatic carbocycles. The van der Waals surface area contributed by atoms with Gasteiger partial charge in [0.25, 0.3) is 0 Å². The highest BCUT2D eigenvalue weighted by molar-refractivity contribution is 5.45. The smallest absolute Gasteiger partial charge is 0.232 e. The van der Waals surface area contributed by atoms with Crippen LogP contribution in [0, 0.1) is 11.3 Å². The molecule has 0 spiro atoms. The lowest BCUT2D eigenvalue weighted by Gasteiger charge is -2.32. The van der Waals surface area contributed by atoms with Crippen LogP contribution >= 0.6 is 0 Å². The van der Waals surface area contributed by atoms with E-state index in [4.69, 9.17) is 4.42 Å². The number of nitriles is 1. The van der Waals surface area contributed by atoms with Crippen LogP contribution in [0.2, 0.25) is 0 Å². The van der Waals surface area contributed by atoms with Crippen molar-refractivity contribution in [3.63, 3.8) is 0 Å². The minimum Gasteiger partial charge on any atom is -0.423 e.